The number of sulfonamides is 1. The highest BCUT2D eigenvalue weighted by Gasteiger charge is 2.15. The van der Waals surface area contributed by atoms with E-state index in [1.165, 1.54) is 31.4 Å². The second-order valence-corrected chi connectivity index (χ2v) is 8.67. The molecule has 0 fully saturated rings. The fourth-order valence-corrected chi connectivity index (χ4v) is 3.96. The number of hydrogen-bond acceptors (Lipinski definition) is 5. The second-order valence-electron chi connectivity index (χ2n) is 6.98. The summed E-state index contributed by atoms with van der Waals surface area (Å²) in [5.41, 5.74) is 0.817. The molecule has 0 unspecified atom stereocenters. The van der Waals surface area contributed by atoms with Crippen LogP contribution in [-0.4, -0.2) is 34.6 Å². The Morgan fingerprint density at radius 3 is 2.19 bits per heavy atom. The van der Waals surface area contributed by atoms with Crippen LogP contribution in [0.2, 0.25) is 0 Å². The Kier molecular flexibility index (Phi) is 8.10. The fourth-order valence-electron chi connectivity index (χ4n) is 2.90. The normalized spacial score (nSPS) is 10.9. The van der Waals surface area contributed by atoms with Crippen molar-refractivity contribution in [3.8, 4) is 11.5 Å². The molecule has 3 aromatic rings. The zero-order valence-electron chi connectivity index (χ0n) is 17.8. The van der Waals surface area contributed by atoms with Crippen molar-refractivity contribution in [1.82, 2.24) is 5.32 Å². The molecule has 0 atom stereocenters. The zero-order chi connectivity index (χ0) is 22.8. The monoisotopic (exact) mass is 454 g/mol. The summed E-state index contributed by atoms with van der Waals surface area (Å²) in [6.45, 7) is 1.09. The molecule has 0 saturated carbocycles. The summed E-state index contributed by atoms with van der Waals surface area (Å²) in [5, 5.41) is 2.84. The van der Waals surface area contributed by atoms with E-state index in [1.807, 2.05) is 30.3 Å². The maximum absolute atomic E-state index is 12.6. The highest BCUT2D eigenvalue weighted by molar-refractivity contribution is 7.92. The SMILES string of the molecule is COc1ccc(NS(=O)(=O)c2ccc(C(=O)NCCCCOc3ccccc3)cc2)cc1. The van der Waals surface area contributed by atoms with E-state index in [2.05, 4.69) is 10.0 Å². The molecule has 2 N–H and O–H groups in total. The topological polar surface area (TPSA) is 93.7 Å². The fraction of sp³-hybridized carbons (Fsp3) is 0.208. The summed E-state index contributed by atoms with van der Waals surface area (Å²) in [6, 6.07) is 21.9. The van der Waals surface area contributed by atoms with Crippen LogP contribution in [0.5, 0.6) is 11.5 Å². The zero-order valence-corrected chi connectivity index (χ0v) is 18.6. The van der Waals surface area contributed by atoms with Crippen LogP contribution >= 0.6 is 0 Å². The van der Waals surface area contributed by atoms with Crippen LogP contribution in [0.4, 0.5) is 5.69 Å². The molecular formula is C24H26N2O5S. The molecule has 0 radical (unpaired) electrons. The van der Waals surface area contributed by atoms with Gasteiger partial charge in [-0.15, -0.1) is 0 Å². The minimum Gasteiger partial charge on any atom is -0.497 e. The summed E-state index contributed by atoms with van der Waals surface area (Å²) in [5.74, 6) is 1.21. The van der Waals surface area contributed by atoms with Crippen LogP contribution in [0.3, 0.4) is 0 Å². The van der Waals surface area contributed by atoms with E-state index in [-0.39, 0.29) is 10.8 Å². The van der Waals surface area contributed by atoms with Crippen molar-refractivity contribution in [3.05, 3.63) is 84.4 Å². The number of rotatable bonds is 11. The number of ether oxygens (including phenoxy) is 2. The van der Waals surface area contributed by atoms with Gasteiger partial charge in [0.1, 0.15) is 11.5 Å². The average molecular weight is 455 g/mol. The molecule has 0 heterocycles. The summed E-state index contributed by atoms with van der Waals surface area (Å²) >= 11 is 0. The van der Waals surface area contributed by atoms with Crippen molar-refractivity contribution >= 4 is 21.6 Å². The van der Waals surface area contributed by atoms with Gasteiger partial charge in [0.25, 0.3) is 15.9 Å². The Hall–Kier alpha value is -3.52. The summed E-state index contributed by atoms with van der Waals surface area (Å²) in [6.07, 6.45) is 1.58. The lowest BCUT2D eigenvalue weighted by atomic mass is 10.2. The van der Waals surface area contributed by atoms with Crippen molar-refractivity contribution in [2.75, 3.05) is 25.0 Å². The van der Waals surface area contributed by atoms with E-state index in [4.69, 9.17) is 9.47 Å². The smallest absolute Gasteiger partial charge is 0.261 e. The quantitative estimate of drug-likeness (QED) is 0.426. The van der Waals surface area contributed by atoms with Crippen LogP contribution in [0.1, 0.15) is 23.2 Å². The Labute approximate surface area is 188 Å². The molecule has 168 valence electrons. The molecule has 0 aliphatic heterocycles. The number of anilines is 1. The van der Waals surface area contributed by atoms with Crippen molar-refractivity contribution in [3.63, 3.8) is 0 Å². The number of methoxy groups -OCH3 is 1. The third-order valence-corrected chi connectivity index (χ3v) is 6.03. The number of carbonyl (C=O) groups excluding carboxylic acids is 1. The van der Waals surface area contributed by atoms with Crippen LogP contribution in [-0.2, 0) is 10.0 Å². The van der Waals surface area contributed by atoms with Crippen LogP contribution in [0, 0.1) is 0 Å². The van der Waals surface area contributed by atoms with Crippen LogP contribution < -0.4 is 19.5 Å². The number of carbonyl (C=O) groups is 1. The Morgan fingerprint density at radius 2 is 1.53 bits per heavy atom. The van der Waals surface area contributed by atoms with Crippen molar-refractivity contribution < 1.29 is 22.7 Å². The van der Waals surface area contributed by atoms with Gasteiger partial charge in [-0.2, -0.15) is 0 Å². The Morgan fingerprint density at radius 1 is 0.844 bits per heavy atom. The van der Waals surface area contributed by atoms with Gasteiger partial charge >= 0.3 is 0 Å². The third kappa shape index (κ3) is 6.75. The summed E-state index contributed by atoms with van der Waals surface area (Å²) in [4.78, 5) is 12.4. The van der Waals surface area contributed by atoms with Gasteiger partial charge in [-0.3, -0.25) is 9.52 Å². The van der Waals surface area contributed by atoms with Gasteiger partial charge in [0.2, 0.25) is 0 Å². The van der Waals surface area contributed by atoms with Gasteiger partial charge in [-0.25, -0.2) is 8.42 Å². The van der Waals surface area contributed by atoms with E-state index in [9.17, 15) is 13.2 Å². The van der Waals surface area contributed by atoms with Gasteiger partial charge in [0.15, 0.2) is 0 Å². The van der Waals surface area contributed by atoms with Crippen molar-refractivity contribution in [1.29, 1.82) is 0 Å². The first-order chi connectivity index (χ1) is 15.5. The van der Waals surface area contributed by atoms with E-state index < -0.39 is 10.0 Å². The molecule has 0 aliphatic carbocycles. The molecule has 0 saturated heterocycles. The first-order valence-corrected chi connectivity index (χ1v) is 11.7. The predicted octanol–water partition coefficient (Wildman–Crippen LogP) is 4.09. The largest absolute Gasteiger partial charge is 0.497 e. The van der Waals surface area contributed by atoms with Gasteiger partial charge in [0.05, 0.1) is 18.6 Å². The standard InChI is InChI=1S/C24H26N2O5S/c1-30-21-13-11-20(12-14-21)26-32(28,29)23-15-9-19(10-16-23)24(27)25-17-5-6-18-31-22-7-3-2-4-8-22/h2-4,7-16,26H,5-6,17-18H2,1H3,(H,25,27). The number of nitrogens with one attached hydrogen (secondary N) is 2. The molecule has 3 rings (SSSR count). The maximum atomic E-state index is 12.6. The van der Waals surface area contributed by atoms with E-state index in [1.54, 1.807) is 24.3 Å². The van der Waals surface area contributed by atoms with Gasteiger partial charge in [-0.05, 0) is 73.5 Å². The molecule has 3 aromatic carbocycles. The maximum Gasteiger partial charge on any atom is 0.261 e. The Bertz CT molecular complexity index is 1100. The van der Waals surface area contributed by atoms with E-state index in [0.717, 1.165) is 18.6 Å². The van der Waals surface area contributed by atoms with E-state index >= 15 is 0 Å². The van der Waals surface area contributed by atoms with Crippen molar-refractivity contribution in [2.45, 2.75) is 17.7 Å². The number of amides is 1. The molecule has 0 spiro atoms. The predicted molar refractivity (Wildman–Crippen MR) is 124 cm³/mol. The first-order valence-electron chi connectivity index (χ1n) is 10.2. The molecule has 32 heavy (non-hydrogen) atoms. The molecule has 0 aromatic heterocycles. The average Bonchev–Trinajstić information content (AvgIpc) is 2.82. The first kappa shape index (κ1) is 23.1. The molecule has 8 heteroatoms. The molecular weight excluding hydrogens is 428 g/mol. The lowest BCUT2D eigenvalue weighted by Crippen LogP contribution is -2.24. The highest BCUT2D eigenvalue weighted by Crippen LogP contribution is 2.19. The molecule has 0 bridgehead atoms. The third-order valence-electron chi connectivity index (χ3n) is 4.64. The molecule has 0 aliphatic rings. The second kappa shape index (κ2) is 11.2. The van der Waals surface area contributed by atoms with E-state index in [0.29, 0.717) is 30.2 Å². The van der Waals surface area contributed by atoms with Crippen molar-refractivity contribution in [2.24, 2.45) is 0 Å². The number of unbranched alkanes of at least 4 members (excludes halogenated alkanes) is 1. The summed E-state index contributed by atoms with van der Waals surface area (Å²) in [7, 11) is -2.22. The van der Waals surface area contributed by atoms with Gasteiger partial charge in [0, 0.05) is 17.8 Å². The highest BCUT2D eigenvalue weighted by atomic mass is 32.2. The number of para-hydroxylation sites is 1. The van der Waals surface area contributed by atoms with Gasteiger partial charge in [-0.1, -0.05) is 18.2 Å². The summed E-state index contributed by atoms with van der Waals surface area (Å²) < 4.78 is 38.3. The molecule has 7 nitrogen and oxygen atoms in total. The molecule has 1 amide bonds. The Balaban J connectivity index is 1.44. The lowest BCUT2D eigenvalue weighted by molar-refractivity contribution is 0.0952. The number of hydrogen-bond donors (Lipinski definition) is 2. The minimum absolute atomic E-state index is 0.0722. The minimum atomic E-state index is -3.76. The lowest BCUT2D eigenvalue weighted by Gasteiger charge is -2.10. The van der Waals surface area contributed by atoms with Crippen LogP contribution in [0.25, 0.3) is 0 Å². The van der Waals surface area contributed by atoms with Gasteiger partial charge < -0.3 is 14.8 Å². The van der Waals surface area contributed by atoms with Crippen LogP contribution in [0.15, 0.2) is 83.8 Å². The number of benzene rings is 3.